The molecule has 0 bridgehead atoms. The fourth-order valence-electron chi connectivity index (χ4n) is 2.17. The number of nitrogens with two attached hydrogens (primary N) is 2. The normalized spacial score (nSPS) is 11.6. The summed E-state index contributed by atoms with van der Waals surface area (Å²) in [4.78, 5) is 30.1. The Morgan fingerprint density at radius 1 is 1.33 bits per heavy atom. The van der Waals surface area contributed by atoms with Gasteiger partial charge in [0.1, 0.15) is 11.9 Å². The van der Waals surface area contributed by atoms with Gasteiger partial charge in [0.2, 0.25) is 5.95 Å². The minimum atomic E-state index is -0.664. The van der Waals surface area contributed by atoms with Crippen molar-refractivity contribution >= 4 is 17.5 Å². The van der Waals surface area contributed by atoms with Crippen molar-refractivity contribution in [3.63, 3.8) is 0 Å². The summed E-state index contributed by atoms with van der Waals surface area (Å²) in [5.74, 6) is 4.99. The highest BCUT2D eigenvalue weighted by Gasteiger charge is 2.23. The lowest BCUT2D eigenvalue weighted by molar-refractivity contribution is -0.384. The van der Waals surface area contributed by atoms with E-state index in [1.807, 2.05) is 5.43 Å². The van der Waals surface area contributed by atoms with E-state index in [-0.39, 0.29) is 22.9 Å². The molecular formula is C14H16N6O4. The average molecular weight is 332 g/mol. The van der Waals surface area contributed by atoms with Gasteiger partial charge in [-0.05, 0) is 26.0 Å². The SMILES string of the molecule is Cc1nc(N)nc(C(C)Oc2ccc([N+](=O)[O-])cc2)c1C(=O)NN. The lowest BCUT2D eigenvalue weighted by atomic mass is 10.1. The van der Waals surface area contributed by atoms with Crippen LogP contribution in [0, 0.1) is 17.0 Å². The highest BCUT2D eigenvalue weighted by molar-refractivity contribution is 5.96. The number of nitrogen functional groups attached to an aromatic ring is 2. The number of aromatic nitrogens is 2. The maximum atomic E-state index is 12.0. The van der Waals surface area contributed by atoms with Crippen LogP contribution in [0.25, 0.3) is 0 Å². The first kappa shape index (κ1) is 17.1. The smallest absolute Gasteiger partial charge is 0.269 e. The van der Waals surface area contributed by atoms with Crippen LogP contribution in [0.1, 0.15) is 34.8 Å². The van der Waals surface area contributed by atoms with E-state index in [4.69, 9.17) is 16.3 Å². The minimum Gasteiger partial charge on any atom is -0.484 e. The molecule has 1 heterocycles. The molecule has 0 fully saturated rings. The first-order valence-electron chi connectivity index (χ1n) is 6.89. The van der Waals surface area contributed by atoms with Gasteiger partial charge in [0, 0.05) is 12.1 Å². The number of nitrogens with one attached hydrogen (secondary N) is 1. The second-order valence-electron chi connectivity index (χ2n) is 4.91. The van der Waals surface area contributed by atoms with Crippen molar-refractivity contribution in [3.05, 3.63) is 51.3 Å². The van der Waals surface area contributed by atoms with Crippen molar-refractivity contribution in [1.82, 2.24) is 15.4 Å². The quantitative estimate of drug-likeness (QED) is 0.316. The molecule has 2 aromatic rings. The Bertz CT molecular complexity index is 778. The number of ether oxygens (including phenoxy) is 1. The molecule has 0 saturated carbocycles. The van der Waals surface area contributed by atoms with Crippen molar-refractivity contribution in [2.75, 3.05) is 5.73 Å². The Hall–Kier alpha value is -3.27. The minimum absolute atomic E-state index is 0.00443. The molecular weight excluding hydrogens is 316 g/mol. The van der Waals surface area contributed by atoms with Crippen LogP contribution >= 0.6 is 0 Å². The number of hydrogen-bond acceptors (Lipinski definition) is 8. The molecule has 0 aliphatic rings. The molecule has 0 radical (unpaired) electrons. The van der Waals surface area contributed by atoms with E-state index in [1.54, 1.807) is 13.8 Å². The van der Waals surface area contributed by atoms with Crippen LogP contribution in [-0.2, 0) is 0 Å². The van der Waals surface area contributed by atoms with Crippen LogP contribution in [0.2, 0.25) is 0 Å². The Morgan fingerprint density at radius 2 is 1.96 bits per heavy atom. The van der Waals surface area contributed by atoms with Gasteiger partial charge >= 0.3 is 0 Å². The van der Waals surface area contributed by atoms with Crippen LogP contribution in [0.3, 0.4) is 0 Å². The predicted octanol–water partition coefficient (Wildman–Crippen LogP) is 1.02. The van der Waals surface area contributed by atoms with Crippen molar-refractivity contribution in [2.45, 2.75) is 20.0 Å². The van der Waals surface area contributed by atoms with E-state index in [2.05, 4.69) is 9.97 Å². The molecule has 0 aliphatic carbocycles. The number of rotatable bonds is 5. The molecule has 5 N–H and O–H groups in total. The van der Waals surface area contributed by atoms with Crippen LogP contribution in [0.5, 0.6) is 5.75 Å². The van der Waals surface area contributed by atoms with Gasteiger partial charge in [0.25, 0.3) is 11.6 Å². The lowest BCUT2D eigenvalue weighted by Crippen LogP contribution is -2.33. The van der Waals surface area contributed by atoms with E-state index < -0.39 is 16.9 Å². The maximum Gasteiger partial charge on any atom is 0.269 e. The summed E-state index contributed by atoms with van der Waals surface area (Å²) in [6, 6.07) is 5.54. The van der Waals surface area contributed by atoms with Gasteiger partial charge in [-0.1, -0.05) is 0 Å². The maximum absolute atomic E-state index is 12.0. The molecule has 10 heteroatoms. The number of nitro benzene ring substituents is 1. The van der Waals surface area contributed by atoms with E-state index in [1.165, 1.54) is 24.3 Å². The zero-order valence-electron chi connectivity index (χ0n) is 13.0. The molecule has 0 spiro atoms. The summed E-state index contributed by atoms with van der Waals surface area (Å²) in [6.45, 7) is 3.26. The molecule has 0 aliphatic heterocycles. The number of anilines is 1. The summed E-state index contributed by atoms with van der Waals surface area (Å²) in [5, 5.41) is 10.7. The standard InChI is InChI=1S/C14H16N6O4/c1-7-11(13(21)19-16)12(18-14(15)17-7)8(2)24-10-5-3-9(4-6-10)20(22)23/h3-6,8H,16H2,1-2H3,(H,19,21)(H2,15,17,18). The van der Waals surface area contributed by atoms with E-state index in [9.17, 15) is 14.9 Å². The first-order chi connectivity index (χ1) is 11.3. The Morgan fingerprint density at radius 3 is 2.50 bits per heavy atom. The first-order valence-corrected chi connectivity index (χ1v) is 6.89. The van der Waals surface area contributed by atoms with Crippen LogP contribution in [0.15, 0.2) is 24.3 Å². The summed E-state index contributed by atoms with van der Waals surface area (Å²) < 4.78 is 5.69. The number of hydrogen-bond donors (Lipinski definition) is 3. The monoisotopic (exact) mass is 332 g/mol. The molecule has 1 amide bonds. The number of amides is 1. The number of carbonyl (C=O) groups excluding carboxylic acids is 1. The van der Waals surface area contributed by atoms with E-state index >= 15 is 0 Å². The fraction of sp³-hybridized carbons (Fsp3) is 0.214. The Balaban J connectivity index is 2.33. The molecule has 0 saturated heterocycles. The Labute approximate surface area is 137 Å². The number of nitrogens with zero attached hydrogens (tertiary/aromatic N) is 3. The number of carbonyl (C=O) groups is 1. The van der Waals surface area contributed by atoms with Gasteiger partial charge in [0.05, 0.1) is 21.9 Å². The van der Waals surface area contributed by atoms with Crippen molar-refractivity contribution in [3.8, 4) is 5.75 Å². The van der Waals surface area contributed by atoms with Crippen LogP contribution < -0.4 is 21.7 Å². The number of nitro groups is 1. The number of aryl methyl sites for hydroxylation is 1. The number of non-ortho nitro benzene ring substituents is 1. The molecule has 126 valence electrons. The fourth-order valence-corrected chi connectivity index (χ4v) is 2.17. The third kappa shape index (κ3) is 3.55. The summed E-state index contributed by atoms with van der Waals surface area (Å²) >= 11 is 0. The van der Waals surface area contributed by atoms with Gasteiger partial charge in [-0.3, -0.25) is 20.3 Å². The summed E-state index contributed by atoms with van der Waals surface area (Å²) in [6.07, 6.45) is -0.664. The van der Waals surface area contributed by atoms with E-state index in [0.29, 0.717) is 11.4 Å². The largest absolute Gasteiger partial charge is 0.484 e. The predicted molar refractivity (Wildman–Crippen MR) is 85.0 cm³/mol. The second-order valence-corrected chi connectivity index (χ2v) is 4.91. The van der Waals surface area contributed by atoms with Crippen LogP contribution in [0.4, 0.5) is 11.6 Å². The zero-order chi connectivity index (χ0) is 17.9. The van der Waals surface area contributed by atoms with Crippen LogP contribution in [-0.4, -0.2) is 20.8 Å². The van der Waals surface area contributed by atoms with Crippen molar-refractivity contribution in [1.29, 1.82) is 0 Å². The summed E-state index contributed by atoms with van der Waals surface area (Å²) in [7, 11) is 0. The van der Waals surface area contributed by atoms with Gasteiger partial charge in [-0.25, -0.2) is 15.8 Å². The molecule has 1 aromatic heterocycles. The average Bonchev–Trinajstić information content (AvgIpc) is 2.53. The summed E-state index contributed by atoms with van der Waals surface area (Å²) in [5.41, 5.74) is 8.41. The topological polar surface area (TPSA) is 159 Å². The van der Waals surface area contributed by atoms with Gasteiger partial charge in [-0.15, -0.1) is 0 Å². The third-order valence-corrected chi connectivity index (χ3v) is 3.24. The van der Waals surface area contributed by atoms with Crippen molar-refractivity contribution < 1.29 is 14.5 Å². The Kier molecular flexibility index (Phi) is 4.90. The highest BCUT2D eigenvalue weighted by Crippen LogP contribution is 2.26. The molecule has 1 atom stereocenters. The molecule has 2 rings (SSSR count). The van der Waals surface area contributed by atoms with Gasteiger partial charge in [-0.2, -0.15) is 0 Å². The molecule has 10 nitrogen and oxygen atoms in total. The van der Waals surface area contributed by atoms with Crippen molar-refractivity contribution in [2.24, 2.45) is 5.84 Å². The second kappa shape index (κ2) is 6.87. The lowest BCUT2D eigenvalue weighted by Gasteiger charge is -2.18. The number of benzene rings is 1. The molecule has 1 unspecified atom stereocenters. The third-order valence-electron chi connectivity index (χ3n) is 3.24. The van der Waals surface area contributed by atoms with Gasteiger partial charge < -0.3 is 10.5 Å². The number of hydrazine groups is 1. The molecule has 24 heavy (non-hydrogen) atoms. The van der Waals surface area contributed by atoms with E-state index in [0.717, 1.165) is 0 Å². The van der Waals surface area contributed by atoms with Gasteiger partial charge in [0.15, 0.2) is 0 Å². The highest BCUT2D eigenvalue weighted by atomic mass is 16.6. The molecule has 1 aromatic carbocycles. The zero-order valence-corrected chi connectivity index (χ0v) is 13.0.